The summed E-state index contributed by atoms with van der Waals surface area (Å²) in [6.07, 6.45) is 3.60. The van der Waals surface area contributed by atoms with Gasteiger partial charge in [0.2, 0.25) is 5.91 Å². The molecule has 3 aliphatic rings. The minimum atomic E-state index is -0.123. The van der Waals surface area contributed by atoms with E-state index in [-0.39, 0.29) is 35.9 Å². The Morgan fingerprint density at radius 2 is 2.09 bits per heavy atom. The van der Waals surface area contributed by atoms with E-state index in [4.69, 9.17) is 4.74 Å². The van der Waals surface area contributed by atoms with Crippen molar-refractivity contribution >= 4 is 11.8 Å². The molecule has 0 radical (unpaired) electrons. The largest absolute Gasteiger partial charge is 0.494 e. The van der Waals surface area contributed by atoms with E-state index < -0.39 is 0 Å². The SMILES string of the molecule is CCOc1cc2c(c(C(=O)N[C@H](C)c3ccccc3)c1)[C@@H]1C[C@H]3NCCC[C@H]3C(=O)N1CC2. The van der Waals surface area contributed by atoms with Crippen LogP contribution in [0.5, 0.6) is 5.75 Å². The molecule has 2 fully saturated rings. The van der Waals surface area contributed by atoms with Crippen molar-refractivity contribution in [3.63, 3.8) is 0 Å². The van der Waals surface area contributed by atoms with Gasteiger partial charge in [-0.25, -0.2) is 0 Å². The first-order chi connectivity index (χ1) is 16.1. The van der Waals surface area contributed by atoms with Crippen molar-refractivity contribution in [2.24, 2.45) is 5.92 Å². The summed E-state index contributed by atoms with van der Waals surface area (Å²) in [5.41, 5.74) is 3.82. The smallest absolute Gasteiger partial charge is 0.252 e. The van der Waals surface area contributed by atoms with Gasteiger partial charge in [-0.05, 0) is 74.9 Å². The average Bonchev–Trinajstić information content (AvgIpc) is 2.84. The van der Waals surface area contributed by atoms with Gasteiger partial charge < -0.3 is 20.3 Å². The molecule has 0 saturated carbocycles. The van der Waals surface area contributed by atoms with E-state index in [0.29, 0.717) is 18.7 Å². The van der Waals surface area contributed by atoms with Crippen molar-refractivity contribution in [2.45, 2.75) is 57.7 Å². The topological polar surface area (TPSA) is 70.7 Å². The summed E-state index contributed by atoms with van der Waals surface area (Å²) < 4.78 is 5.82. The Kier molecular flexibility index (Phi) is 6.11. The van der Waals surface area contributed by atoms with E-state index in [1.165, 1.54) is 0 Å². The third-order valence-electron chi connectivity index (χ3n) is 7.44. The third kappa shape index (κ3) is 4.12. The average molecular weight is 448 g/mol. The maximum Gasteiger partial charge on any atom is 0.252 e. The number of amides is 2. The van der Waals surface area contributed by atoms with Crippen molar-refractivity contribution in [3.8, 4) is 5.75 Å². The molecule has 174 valence electrons. The summed E-state index contributed by atoms with van der Waals surface area (Å²) in [7, 11) is 0. The highest BCUT2D eigenvalue weighted by Crippen LogP contribution is 2.43. The summed E-state index contributed by atoms with van der Waals surface area (Å²) in [5.74, 6) is 0.914. The molecule has 0 unspecified atom stereocenters. The second kappa shape index (κ2) is 9.18. The van der Waals surface area contributed by atoms with Gasteiger partial charge in [0.1, 0.15) is 5.75 Å². The molecule has 2 aromatic rings. The lowest BCUT2D eigenvalue weighted by molar-refractivity contribution is -0.145. The molecular formula is C27H33N3O3. The molecule has 6 heteroatoms. The summed E-state index contributed by atoms with van der Waals surface area (Å²) in [6, 6.07) is 13.9. The Morgan fingerprint density at radius 3 is 2.88 bits per heavy atom. The molecular weight excluding hydrogens is 414 g/mol. The Hall–Kier alpha value is -2.86. The molecule has 4 atom stereocenters. The van der Waals surface area contributed by atoms with Gasteiger partial charge in [0.05, 0.1) is 24.6 Å². The molecule has 0 spiro atoms. The van der Waals surface area contributed by atoms with E-state index in [1.54, 1.807) is 0 Å². The number of piperidine rings is 2. The fourth-order valence-electron chi connectivity index (χ4n) is 5.83. The predicted octanol–water partition coefficient (Wildman–Crippen LogP) is 3.77. The molecule has 33 heavy (non-hydrogen) atoms. The lowest BCUT2D eigenvalue weighted by atomic mass is 9.75. The van der Waals surface area contributed by atoms with Crippen molar-refractivity contribution in [1.82, 2.24) is 15.5 Å². The number of carbonyl (C=O) groups excluding carboxylic acids is 2. The van der Waals surface area contributed by atoms with Crippen LogP contribution in [-0.2, 0) is 11.2 Å². The van der Waals surface area contributed by atoms with Crippen molar-refractivity contribution < 1.29 is 14.3 Å². The van der Waals surface area contributed by atoms with Gasteiger partial charge in [0.15, 0.2) is 0 Å². The fraction of sp³-hybridized carbons (Fsp3) is 0.481. The molecule has 2 saturated heterocycles. The molecule has 0 aliphatic carbocycles. The lowest BCUT2D eigenvalue weighted by Gasteiger charge is -2.48. The minimum absolute atomic E-state index is 0.0645. The van der Waals surface area contributed by atoms with Gasteiger partial charge in [-0.1, -0.05) is 30.3 Å². The maximum absolute atomic E-state index is 13.6. The van der Waals surface area contributed by atoms with Crippen LogP contribution in [-0.4, -0.2) is 42.5 Å². The van der Waals surface area contributed by atoms with Crippen LogP contribution in [0.2, 0.25) is 0 Å². The van der Waals surface area contributed by atoms with E-state index >= 15 is 0 Å². The van der Waals surface area contributed by atoms with Crippen molar-refractivity contribution in [1.29, 1.82) is 0 Å². The van der Waals surface area contributed by atoms with Crippen molar-refractivity contribution in [3.05, 3.63) is 64.7 Å². The number of ether oxygens (including phenoxy) is 1. The highest BCUT2D eigenvalue weighted by molar-refractivity contribution is 5.97. The number of hydrogen-bond acceptors (Lipinski definition) is 4. The molecule has 0 bridgehead atoms. The third-order valence-corrected chi connectivity index (χ3v) is 7.44. The van der Waals surface area contributed by atoms with Gasteiger partial charge in [-0.2, -0.15) is 0 Å². The van der Waals surface area contributed by atoms with E-state index in [9.17, 15) is 9.59 Å². The second-order valence-corrected chi connectivity index (χ2v) is 9.42. The summed E-state index contributed by atoms with van der Waals surface area (Å²) in [4.78, 5) is 29.0. The Labute approximate surface area is 195 Å². The number of rotatable bonds is 5. The van der Waals surface area contributed by atoms with Crippen LogP contribution in [0.3, 0.4) is 0 Å². The lowest BCUT2D eigenvalue weighted by Crippen LogP contribution is -2.58. The highest BCUT2D eigenvalue weighted by atomic mass is 16.5. The molecule has 2 amide bonds. The highest BCUT2D eigenvalue weighted by Gasteiger charge is 2.46. The van der Waals surface area contributed by atoms with Crippen LogP contribution >= 0.6 is 0 Å². The van der Waals surface area contributed by atoms with Gasteiger partial charge in [0, 0.05) is 18.2 Å². The van der Waals surface area contributed by atoms with Crippen LogP contribution in [0.1, 0.15) is 72.2 Å². The molecule has 3 aliphatic heterocycles. The quantitative estimate of drug-likeness (QED) is 0.732. The van der Waals surface area contributed by atoms with Gasteiger partial charge in [0.25, 0.3) is 5.91 Å². The van der Waals surface area contributed by atoms with Gasteiger partial charge in [-0.15, -0.1) is 0 Å². The summed E-state index contributed by atoms with van der Waals surface area (Å²) in [5, 5.41) is 6.76. The Balaban J connectivity index is 1.51. The predicted molar refractivity (Wildman–Crippen MR) is 127 cm³/mol. The van der Waals surface area contributed by atoms with Gasteiger partial charge >= 0.3 is 0 Å². The van der Waals surface area contributed by atoms with Crippen molar-refractivity contribution in [2.75, 3.05) is 19.7 Å². The van der Waals surface area contributed by atoms with E-state index in [2.05, 4.69) is 16.7 Å². The fourth-order valence-corrected chi connectivity index (χ4v) is 5.83. The second-order valence-electron chi connectivity index (χ2n) is 9.42. The normalized spacial score (nSPS) is 24.8. The van der Waals surface area contributed by atoms with Crippen LogP contribution in [0.25, 0.3) is 0 Å². The molecule has 2 N–H and O–H groups in total. The molecule has 6 nitrogen and oxygen atoms in total. The monoisotopic (exact) mass is 447 g/mol. The zero-order chi connectivity index (χ0) is 22.9. The number of fused-ring (bicyclic) bond motifs is 4. The number of carbonyl (C=O) groups is 2. The van der Waals surface area contributed by atoms with Crippen LogP contribution < -0.4 is 15.4 Å². The first-order valence-corrected chi connectivity index (χ1v) is 12.3. The molecule has 5 rings (SSSR count). The summed E-state index contributed by atoms with van der Waals surface area (Å²) in [6.45, 7) is 6.16. The van der Waals surface area contributed by atoms with Crippen LogP contribution in [0.4, 0.5) is 0 Å². The summed E-state index contributed by atoms with van der Waals surface area (Å²) >= 11 is 0. The Morgan fingerprint density at radius 1 is 1.27 bits per heavy atom. The van der Waals surface area contributed by atoms with E-state index in [0.717, 1.165) is 54.7 Å². The standard InChI is InChI=1S/C27H33N3O3/c1-3-33-20-14-19-11-13-30-24(16-23-21(27(30)32)10-7-12-28-23)25(19)22(15-20)26(31)29-17(2)18-8-5-4-6-9-18/h4-6,8-9,14-15,17,21,23-24,28H,3,7,10-13,16H2,1-2H3,(H,29,31)/t17-,21-,23-,24+/m1/s1. The van der Waals surface area contributed by atoms with Gasteiger partial charge in [-0.3, -0.25) is 9.59 Å². The minimum Gasteiger partial charge on any atom is -0.494 e. The number of nitrogens with one attached hydrogen (secondary N) is 2. The zero-order valence-electron chi connectivity index (χ0n) is 19.5. The molecule has 3 heterocycles. The van der Waals surface area contributed by atoms with Crippen LogP contribution in [0.15, 0.2) is 42.5 Å². The molecule has 0 aromatic heterocycles. The Bertz CT molecular complexity index is 1040. The maximum atomic E-state index is 13.6. The number of benzene rings is 2. The first-order valence-electron chi connectivity index (χ1n) is 12.3. The zero-order valence-corrected chi connectivity index (χ0v) is 19.5. The first kappa shape index (κ1) is 22.0. The van der Waals surface area contributed by atoms with E-state index in [1.807, 2.05) is 55.1 Å². The number of hydrogen-bond donors (Lipinski definition) is 2. The van der Waals surface area contributed by atoms with Crippen LogP contribution in [0, 0.1) is 5.92 Å². The number of nitrogens with zero attached hydrogens (tertiary/aromatic N) is 1. The molecule has 2 aromatic carbocycles.